The number of amides is 2. The van der Waals surface area contributed by atoms with Crippen LogP contribution in [0.4, 0.5) is 9.18 Å². The summed E-state index contributed by atoms with van der Waals surface area (Å²) in [7, 11) is 0. The average Bonchev–Trinajstić information content (AvgIpc) is 3.04. The predicted octanol–water partition coefficient (Wildman–Crippen LogP) is 2.23. The van der Waals surface area contributed by atoms with E-state index in [1.807, 2.05) is 0 Å². The summed E-state index contributed by atoms with van der Waals surface area (Å²) in [5.74, 6) is -1.79. The molecule has 1 aromatic carbocycles. The number of carbonyl (C=O) groups excluding carboxylic acids is 3. The molecular weight excluding hydrogens is 341 g/mol. The van der Waals surface area contributed by atoms with E-state index in [2.05, 4.69) is 10.3 Å². The summed E-state index contributed by atoms with van der Waals surface area (Å²) >= 11 is 0. The predicted molar refractivity (Wildman–Crippen MR) is 92.3 cm³/mol. The summed E-state index contributed by atoms with van der Waals surface area (Å²) in [6.45, 7) is 2.99. The Morgan fingerprint density at radius 2 is 2.04 bits per heavy atom. The third kappa shape index (κ3) is 3.68. The minimum atomic E-state index is -0.704. The molecule has 2 aromatic rings. The van der Waals surface area contributed by atoms with Crippen LogP contribution in [0.3, 0.4) is 0 Å². The molecule has 1 saturated heterocycles. The van der Waals surface area contributed by atoms with Crippen molar-refractivity contribution in [2.45, 2.75) is 25.8 Å². The topological polar surface area (TPSA) is 91.5 Å². The average molecular weight is 361 g/mol. The number of hydrogen-bond donors (Lipinski definition) is 2. The van der Waals surface area contributed by atoms with Crippen molar-refractivity contribution in [1.82, 2.24) is 15.2 Å². The number of fused-ring (bicyclic) bond motifs is 1. The summed E-state index contributed by atoms with van der Waals surface area (Å²) < 4.78 is 18.2. The second-order valence-electron chi connectivity index (χ2n) is 6.16. The lowest BCUT2D eigenvalue weighted by Gasteiger charge is -2.31. The van der Waals surface area contributed by atoms with Crippen molar-refractivity contribution in [3.05, 3.63) is 35.8 Å². The molecule has 7 nitrogen and oxygen atoms in total. The molecule has 1 aliphatic heterocycles. The first-order valence-electron chi connectivity index (χ1n) is 8.53. The number of nitrogens with zero attached hydrogens (tertiary/aromatic N) is 1. The minimum absolute atomic E-state index is 0.181. The number of likely N-dealkylation sites (tertiary alicyclic amines) is 1. The van der Waals surface area contributed by atoms with E-state index in [0.717, 1.165) is 0 Å². The van der Waals surface area contributed by atoms with Crippen molar-refractivity contribution in [3.8, 4) is 0 Å². The number of rotatable bonds is 4. The van der Waals surface area contributed by atoms with Gasteiger partial charge in [-0.25, -0.2) is 9.18 Å². The maximum absolute atomic E-state index is 13.2. The highest BCUT2D eigenvalue weighted by Crippen LogP contribution is 2.20. The Kier molecular flexibility index (Phi) is 5.20. The van der Waals surface area contributed by atoms with Crippen LogP contribution in [0.1, 0.15) is 30.1 Å². The Morgan fingerprint density at radius 1 is 1.31 bits per heavy atom. The number of hydrogen-bond acceptors (Lipinski definition) is 4. The molecule has 0 unspecified atom stereocenters. The van der Waals surface area contributed by atoms with Gasteiger partial charge < -0.3 is 19.9 Å². The highest BCUT2D eigenvalue weighted by Gasteiger charge is 2.27. The SMILES string of the molecule is CCOC(=O)N1CCC(NC(=O)C(=O)c2c[nH]c3cc(F)ccc23)CC1. The van der Waals surface area contributed by atoms with Gasteiger partial charge in [0.2, 0.25) is 0 Å². The maximum atomic E-state index is 13.2. The Hall–Kier alpha value is -2.90. The number of benzene rings is 1. The van der Waals surface area contributed by atoms with Gasteiger partial charge in [0.15, 0.2) is 0 Å². The molecule has 26 heavy (non-hydrogen) atoms. The highest BCUT2D eigenvalue weighted by atomic mass is 19.1. The van der Waals surface area contributed by atoms with Gasteiger partial charge in [-0.1, -0.05) is 0 Å². The number of nitrogens with one attached hydrogen (secondary N) is 2. The number of H-pyrrole nitrogens is 1. The molecular formula is C18H20FN3O4. The number of Topliss-reactive ketones (excluding diaryl/α,β-unsaturated/α-hetero) is 1. The number of piperidine rings is 1. The van der Waals surface area contributed by atoms with Gasteiger partial charge in [-0.2, -0.15) is 0 Å². The van der Waals surface area contributed by atoms with E-state index in [-0.39, 0.29) is 17.7 Å². The van der Waals surface area contributed by atoms with Gasteiger partial charge in [0.05, 0.1) is 12.2 Å². The van der Waals surface area contributed by atoms with Crippen LogP contribution in [0.25, 0.3) is 10.9 Å². The van der Waals surface area contributed by atoms with Crippen molar-refractivity contribution in [2.75, 3.05) is 19.7 Å². The minimum Gasteiger partial charge on any atom is -0.450 e. The number of ketones is 1. The van der Waals surface area contributed by atoms with Gasteiger partial charge in [0.25, 0.3) is 11.7 Å². The zero-order chi connectivity index (χ0) is 18.7. The fraction of sp³-hybridized carbons (Fsp3) is 0.389. The normalized spacial score (nSPS) is 15.1. The van der Waals surface area contributed by atoms with Crippen molar-refractivity contribution in [2.24, 2.45) is 0 Å². The molecule has 0 aliphatic carbocycles. The summed E-state index contributed by atoms with van der Waals surface area (Å²) in [5.41, 5.74) is 0.672. The second-order valence-corrected chi connectivity index (χ2v) is 6.16. The molecule has 0 bridgehead atoms. The number of aromatic nitrogens is 1. The monoisotopic (exact) mass is 361 g/mol. The third-order valence-corrected chi connectivity index (χ3v) is 4.45. The summed E-state index contributed by atoms with van der Waals surface area (Å²) in [6, 6.07) is 3.81. The first kappa shape index (κ1) is 17.9. The molecule has 0 saturated carbocycles. The van der Waals surface area contributed by atoms with E-state index >= 15 is 0 Å². The molecule has 8 heteroatoms. The van der Waals surface area contributed by atoms with Crippen LogP contribution >= 0.6 is 0 Å². The van der Waals surface area contributed by atoms with Crippen LogP contribution in [0.5, 0.6) is 0 Å². The maximum Gasteiger partial charge on any atom is 0.409 e. The van der Waals surface area contributed by atoms with E-state index < -0.39 is 17.5 Å². The van der Waals surface area contributed by atoms with E-state index in [9.17, 15) is 18.8 Å². The molecule has 3 rings (SSSR count). The fourth-order valence-electron chi connectivity index (χ4n) is 3.08. The second kappa shape index (κ2) is 7.55. The first-order valence-corrected chi connectivity index (χ1v) is 8.53. The molecule has 1 aromatic heterocycles. The lowest BCUT2D eigenvalue weighted by Crippen LogP contribution is -2.48. The van der Waals surface area contributed by atoms with Crippen LogP contribution < -0.4 is 5.32 Å². The standard InChI is InChI=1S/C18H20FN3O4/c1-2-26-18(25)22-7-5-12(6-8-22)21-17(24)16(23)14-10-20-15-9-11(19)3-4-13(14)15/h3-4,9-10,12,20H,2,5-8H2,1H3,(H,21,24). The molecule has 2 heterocycles. The van der Waals surface area contributed by atoms with E-state index in [4.69, 9.17) is 4.74 Å². The van der Waals surface area contributed by atoms with Gasteiger partial charge >= 0.3 is 6.09 Å². The Bertz CT molecular complexity index is 840. The zero-order valence-corrected chi connectivity index (χ0v) is 14.4. The number of halogens is 1. The van der Waals surface area contributed by atoms with Gasteiger partial charge in [0.1, 0.15) is 5.82 Å². The zero-order valence-electron chi connectivity index (χ0n) is 14.4. The van der Waals surface area contributed by atoms with Gasteiger partial charge in [-0.15, -0.1) is 0 Å². The Balaban J connectivity index is 1.60. The van der Waals surface area contributed by atoms with Gasteiger partial charge in [0, 0.05) is 36.2 Å². The lowest BCUT2D eigenvalue weighted by molar-refractivity contribution is -0.117. The van der Waals surface area contributed by atoms with E-state index in [1.54, 1.807) is 11.8 Å². The molecule has 1 aliphatic rings. The highest BCUT2D eigenvalue weighted by molar-refractivity contribution is 6.45. The Labute approximate surface area is 149 Å². The molecule has 2 N–H and O–H groups in total. The molecule has 1 fully saturated rings. The van der Waals surface area contributed by atoms with Crippen LogP contribution in [0, 0.1) is 5.82 Å². The quantitative estimate of drug-likeness (QED) is 0.645. The lowest BCUT2D eigenvalue weighted by atomic mass is 10.0. The molecule has 0 atom stereocenters. The van der Waals surface area contributed by atoms with E-state index in [1.165, 1.54) is 24.4 Å². The van der Waals surface area contributed by atoms with Crippen molar-refractivity contribution < 1.29 is 23.5 Å². The molecule has 2 amide bonds. The number of aromatic amines is 1. The molecule has 138 valence electrons. The summed E-state index contributed by atoms with van der Waals surface area (Å²) in [5, 5.41) is 3.22. The van der Waals surface area contributed by atoms with Crippen LogP contribution in [0.2, 0.25) is 0 Å². The van der Waals surface area contributed by atoms with Crippen LogP contribution in [0.15, 0.2) is 24.4 Å². The van der Waals surface area contributed by atoms with E-state index in [0.29, 0.717) is 43.4 Å². The van der Waals surface area contributed by atoms with Gasteiger partial charge in [-0.05, 0) is 38.0 Å². The van der Waals surface area contributed by atoms with Crippen molar-refractivity contribution >= 4 is 28.7 Å². The molecule has 0 spiro atoms. The molecule has 0 radical (unpaired) electrons. The Morgan fingerprint density at radius 3 is 2.73 bits per heavy atom. The number of carbonyl (C=O) groups is 3. The van der Waals surface area contributed by atoms with Crippen molar-refractivity contribution in [3.63, 3.8) is 0 Å². The summed E-state index contributed by atoms with van der Waals surface area (Å²) in [6.07, 6.45) is 2.16. The smallest absolute Gasteiger partial charge is 0.409 e. The largest absolute Gasteiger partial charge is 0.450 e. The van der Waals surface area contributed by atoms with Crippen LogP contribution in [-0.2, 0) is 9.53 Å². The fourth-order valence-corrected chi connectivity index (χ4v) is 3.08. The van der Waals surface area contributed by atoms with Gasteiger partial charge in [-0.3, -0.25) is 9.59 Å². The van der Waals surface area contributed by atoms with Crippen LogP contribution in [-0.4, -0.2) is 53.4 Å². The first-order chi connectivity index (χ1) is 12.5. The number of ether oxygens (including phenoxy) is 1. The van der Waals surface area contributed by atoms with Crippen molar-refractivity contribution in [1.29, 1.82) is 0 Å². The summed E-state index contributed by atoms with van der Waals surface area (Å²) in [4.78, 5) is 40.8. The third-order valence-electron chi connectivity index (χ3n) is 4.45.